The second-order valence-electron chi connectivity index (χ2n) is 3.90. The van der Waals surface area contributed by atoms with Gasteiger partial charge < -0.3 is 10.1 Å². The molecule has 0 atom stereocenters. The molecule has 1 aromatic rings. The summed E-state index contributed by atoms with van der Waals surface area (Å²) in [5, 5.41) is 2.84. The number of carbonyl (C=O) groups is 1. The van der Waals surface area contributed by atoms with Crippen LogP contribution < -0.4 is 10.1 Å². The Morgan fingerprint density at radius 2 is 2.33 bits per heavy atom. The van der Waals surface area contributed by atoms with Gasteiger partial charge in [0.1, 0.15) is 5.75 Å². The van der Waals surface area contributed by atoms with Gasteiger partial charge in [-0.25, -0.2) is 0 Å². The van der Waals surface area contributed by atoms with Crippen molar-refractivity contribution < 1.29 is 9.53 Å². The molecule has 0 aliphatic rings. The second kappa shape index (κ2) is 7.93. The summed E-state index contributed by atoms with van der Waals surface area (Å²) < 4.78 is 6.07. The smallest absolute Gasteiger partial charge is 0.220 e. The van der Waals surface area contributed by atoms with E-state index in [1.165, 1.54) is 0 Å². The molecule has 0 bridgehead atoms. The summed E-state index contributed by atoms with van der Waals surface area (Å²) in [6, 6.07) is 5.85. The van der Waals surface area contributed by atoms with Crippen LogP contribution in [0.2, 0.25) is 0 Å². The van der Waals surface area contributed by atoms with Crippen LogP contribution in [0.25, 0.3) is 0 Å². The maximum atomic E-state index is 11.5. The van der Waals surface area contributed by atoms with Crippen molar-refractivity contribution in [3.05, 3.63) is 40.9 Å². The van der Waals surface area contributed by atoms with Crippen molar-refractivity contribution >= 4 is 21.8 Å². The normalized spacial score (nSPS) is 9.89. The zero-order valence-electron chi connectivity index (χ0n) is 10.5. The average Bonchev–Trinajstić information content (AvgIpc) is 2.37. The topological polar surface area (TPSA) is 38.3 Å². The Morgan fingerprint density at radius 1 is 1.56 bits per heavy atom. The van der Waals surface area contributed by atoms with E-state index in [2.05, 4.69) is 27.8 Å². The van der Waals surface area contributed by atoms with E-state index in [0.29, 0.717) is 13.0 Å². The van der Waals surface area contributed by atoms with Crippen LogP contribution >= 0.6 is 15.9 Å². The minimum absolute atomic E-state index is 0.0730. The van der Waals surface area contributed by atoms with E-state index in [0.717, 1.165) is 28.6 Å². The number of halogens is 1. The van der Waals surface area contributed by atoms with E-state index in [-0.39, 0.29) is 5.91 Å². The number of hydrogen-bond donors (Lipinski definition) is 1. The number of carbonyl (C=O) groups excluding carboxylic acids is 1. The molecule has 1 N–H and O–H groups in total. The first kappa shape index (κ1) is 14.8. The zero-order valence-corrected chi connectivity index (χ0v) is 12.1. The summed E-state index contributed by atoms with van der Waals surface area (Å²) >= 11 is 3.43. The summed E-state index contributed by atoms with van der Waals surface area (Å²) in [4.78, 5) is 11.5. The molecule has 0 fully saturated rings. The quantitative estimate of drug-likeness (QED) is 0.621. The lowest BCUT2D eigenvalue weighted by molar-refractivity contribution is -0.121. The van der Waals surface area contributed by atoms with Gasteiger partial charge in [-0.3, -0.25) is 4.79 Å². The Balaban J connectivity index is 2.41. The Bertz CT molecular complexity index is 418. The van der Waals surface area contributed by atoms with Crippen LogP contribution in [0.3, 0.4) is 0 Å². The Morgan fingerprint density at radius 3 is 2.94 bits per heavy atom. The third-order valence-electron chi connectivity index (χ3n) is 2.53. The molecule has 4 heteroatoms. The lowest BCUT2D eigenvalue weighted by atomic mass is 10.1. The highest BCUT2D eigenvalue weighted by Gasteiger charge is 2.04. The first-order chi connectivity index (χ1) is 8.67. The molecule has 0 aromatic heterocycles. The molecule has 1 rings (SSSR count). The van der Waals surface area contributed by atoms with Gasteiger partial charge in [-0.15, -0.1) is 6.58 Å². The van der Waals surface area contributed by atoms with E-state index in [1.54, 1.807) is 13.2 Å². The fourth-order valence-corrected chi connectivity index (χ4v) is 2.11. The lowest BCUT2D eigenvalue weighted by Gasteiger charge is -2.07. The third-order valence-corrected chi connectivity index (χ3v) is 3.15. The number of methoxy groups -OCH3 is 1. The highest BCUT2D eigenvalue weighted by Crippen LogP contribution is 2.25. The molecular formula is C14H18BrNO2. The van der Waals surface area contributed by atoms with Crippen molar-refractivity contribution in [2.45, 2.75) is 19.3 Å². The molecular weight excluding hydrogens is 294 g/mol. The van der Waals surface area contributed by atoms with Crippen LogP contribution in [-0.4, -0.2) is 19.6 Å². The molecule has 0 radical (unpaired) electrons. The molecule has 98 valence electrons. The summed E-state index contributed by atoms with van der Waals surface area (Å²) in [6.07, 6.45) is 3.82. The highest BCUT2D eigenvalue weighted by molar-refractivity contribution is 9.10. The molecule has 0 aliphatic carbocycles. The van der Waals surface area contributed by atoms with Crippen LogP contribution in [0, 0.1) is 0 Å². The van der Waals surface area contributed by atoms with Crippen LogP contribution in [0.15, 0.2) is 35.3 Å². The highest BCUT2D eigenvalue weighted by atomic mass is 79.9. The van der Waals surface area contributed by atoms with Crippen molar-refractivity contribution in [1.29, 1.82) is 0 Å². The molecule has 18 heavy (non-hydrogen) atoms. The minimum atomic E-state index is 0.0730. The number of aryl methyl sites for hydroxylation is 1. The Labute approximate surface area is 116 Å². The SMILES string of the molecule is C=CCCNC(=O)CCc1ccc(OC)c(Br)c1. The van der Waals surface area contributed by atoms with Crippen molar-refractivity contribution in [1.82, 2.24) is 5.32 Å². The van der Waals surface area contributed by atoms with Gasteiger partial charge in [0.2, 0.25) is 5.91 Å². The third kappa shape index (κ3) is 4.92. The van der Waals surface area contributed by atoms with Crippen molar-refractivity contribution in [2.75, 3.05) is 13.7 Å². The van der Waals surface area contributed by atoms with Crippen LogP contribution in [0.1, 0.15) is 18.4 Å². The summed E-state index contributed by atoms with van der Waals surface area (Å²) in [6.45, 7) is 4.27. The summed E-state index contributed by atoms with van der Waals surface area (Å²) in [5.41, 5.74) is 1.11. The minimum Gasteiger partial charge on any atom is -0.496 e. The van der Waals surface area contributed by atoms with Crippen LogP contribution in [-0.2, 0) is 11.2 Å². The maximum absolute atomic E-state index is 11.5. The van der Waals surface area contributed by atoms with Gasteiger partial charge >= 0.3 is 0 Å². The standard InChI is InChI=1S/C14H18BrNO2/c1-3-4-9-16-14(17)8-6-11-5-7-13(18-2)12(15)10-11/h3,5,7,10H,1,4,6,8-9H2,2H3,(H,16,17). The first-order valence-corrected chi connectivity index (χ1v) is 6.66. The number of rotatable bonds is 7. The monoisotopic (exact) mass is 311 g/mol. The molecule has 3 nitrogen and oxygen atoms in total. The van der Waals surface area contributed by atoms with Gasteiger partial charge in [-0.05, 0) is 46.5 Å². The number of ether oxygens (including phenoxy) is 1. The fraction of sp³-hybridized carbons (Fsp3) is 0.357. The Hall–Kier alpha value is -1.29. The molecule has 0 aliphatic heterocycles. The predicted octanol–water partition coefficient (Wildman–Crippen LogP) is 3.08. The molecule has 1 aromatic carbocycles. The second-order valence-corrected chi connectivity index (χ2v) is 4.75. The largest absolute Gasteiger partial charge is 0.496 e. The Kier molecular flexibility index (Phi) is 6.50. The van der Waals surface area contributed by atoms with Crippen LogP contribution in [0.4, 0.5) is 0 Å². The number of benzene rings is 1. The summed E-state index contributed by atoms with van der Waals surface area (Å²) in [5.74, 6) is 0.873. The van der Waals surface area contributed by atoms with Gasteiger partial charge in [0.05, 0.1) is 11.6 Å². The van der Waals surface area contributed by atoms with E-state index in [9.17, 15) is 4.79 Å². The van der Waals surface area contributed by atoms with Gasteiger partial charge in [-0.1, -0.05) is 12.1 Å². The van der Waals surface area contributed by atoms with Crippen LogP contribution in [0.5, 0.6) is 5.75 Å². The van der Waals surface area contributed by atoms with E-state index in [1.807, 2.05) is 18.2 Å². The van der Waals surface area contributed by atoms with Crippen molar-refractivity contribution in [3.8, 4) is 5.75 Å². The number of nitrogens with one attached hydrogen (secondary N) is 1. The number of hydrogen-bond acceptors (Lipinski definition) is 2. The van der Waals surface area contributed by atoms with Crippen molar-refractivity contribution in [3.63, 3.8) is 0 Å². The summed E-state index contributed by atoms with van der Waals surface area (Å²) in [7, 11) is 1.63. The van der Waals surface area contributed by atoms with Gasteiger partial charge in [0, 0.05) is 13.0 Å². The predicted molar refractivity (Wildman–Crippen MR) is 76.8 cm³/mol. The van der Waals surface area contributed by atoms with Gasteiger partial charge in [0.15, 0.2) is 0 Å². The fourth-order valence-electron chi connectivity index (χ4n) is 1.53. The lowest BCUT2D eigenvalue weighted by Crippen LogP contribution is -2.24. The maximum Gasteiger partial charge on any atom is 0.220 e. The molecule has 0 saturated heterocycles. The molecule has 0 unspecified atom stereocenters. The van der Waals surface area contributed by atoms with Gasteiger partial charge in [-0.2, -0.15) is 0 Å². The number of amides is 1. The van der Waals surface area contributed by atoms with E-state index < -0.39 is 0 Å². The zero-order chi connectivity index (χ0) is 13.4. The van der Waals surface area contributed by atoms with E-state index in [4.69, 9.17) is 4.74 Å². The molecule has 0 saturated carbocycles. The van der Waals surface area contributed by atoms with E-state index >= 15 is 0 Å². The molecule has 1 amide bonds. The molecule has 0 spiro atoms. The first-order valence-electron chi connectivity index (χ1n) is 5.87. The average molecular weight is 312 g/mol. The molecule has 0 heterocycles. The van der Waals surface area contributed by atoms with Gasteiger partial charge in [0.25, 0.3) is 0 Å². The van der Waals surface area contributed by atoms with Crippen molar-refractivity contribution in [2.24, 2.45) is 0 Å².